The molecule has 10 nitrogen and oxygen atoms in total. The number of carbonyl (C=O) groups excluding carboxylic acids is 1. The zero-order valence-electron chi connectivity index (χ0n) is 21.1. The topological polar surface area (TPSA) is 112 Å². The summed E-state index contributed by atoms with van der Waals surface area (Å²) in [6.07, 6.45) is -0.647. The van der Waals surface area contributed by atoms with Crippen LogP contribution in [-0.2, 0) is 19.6 Å². The SMILES string of the molecule is CC#CCOc1ccc(S(=O)(=O)N2C[C@H](CC(=O)N3CCN(C)CC3)OC(C)(C)[C@H]2C(=S)NO)cc1. The van der Waals surface area contributed by atoms with E-state index in [-0.39, 0.29) is 35.4 Å². The third kappa shape index (κ3) is 6.53. The second-order valence-electron chi connectivity index (χ2n) is 9.37. The second-order valence-corrected chi connectivity index (χ2v) is 11.7. The third-order valence-corrected chi connectivity index (χ3v) is 8.50. The van der Waals surface area contributed by atoms with Crippen LogP contribution in [-0.4, -0.2) is 103 Å². The number of morpholine rings is 1. The Morgan fingerprint density at radius 2 is 1.89 bits per heavy atom. The molecule has 12 heteroatoms. The first-order chi connectivity index (χ1) is 17.0. The number of likely N-dealkylation sites (N-methyl/N-ethyl adjacent to an activating group) is 1. The molecule has 2 aliphatic heterocycles. The number of hydrogen-bond donors (Lipinski definition) is 2. The summed E-state index contributed by atoms with van der Waals surface area (Å²) in [6.45, 7) is 8.00. The Hall–Kier alpha value is -2.27. The monoisotopic (exact) mass is 538 g/mol. The van der Waals surface area contributed by atoms with Crippen LogP contribution < -0.4 is 10.2 Å². The number of rotatable bonds is 7. The predicted molar refractivity (Wildman–Crippen MR) is 138 cm³/mol. The summed E-state index contributed by atoms with van der Waals surface area (Å²) < 4.78 is 40.5. The molecule has 0 aromatic heterocycles. The molecule has 2 atom stereocenters. The second kappa shape index (κ2) is 11.9. The highest BCUT2D eigenvalue weighted by molar-refractivity contribution is 7.89. The molecule has 1 aromatic carbocycles. The highest BCUT2D eigenvalue weighted by Gasteiger charge is 2.50. The Labute approximate surface area is 218 Å². The highest BCUT2D eigenvalue weighted by Crippen LogP contribution is 2.34. The molecule has 0 radical (unpaired) electrons. The van der Waals surface area contributed by atoms with Gasteiger partial charge in [0.2, 0.25) is 15.9 Å². The van der Waals surface area contributed by atoms with Gasteiger partial charge < -0.3 is 19.3 Å². The summed E-state index contributed by atoms with van der Waals surface area (Å²) in [6, 6.07) is 5.02. The fourth-order valence-electron chi connectivity index (χ4n) is 4.45. The van der Waals surface area contributed by atoms with Crippen LogP contribution in [0, 0.1) is 11.8 Å². The van der Waals surface area contributed by atoms with Crippen molar-refractivity contribution in [1.82, 2.24) is 19.6 Å². The van der Waals surface area contributed by atoms with Crippen molar-refractivity contribution < 1.29 is 27.9 Å². The lowest BCUT2D eigenvalue weighted by molar-refractivity contribution is -0.153. The minimum atomic E-state index is -4.08. The standard InChI is InChI=1S/C24H34N4O6S2/c1-5-6-15-33-18-7-9-20(10-8-18)36(31,32)28-17-19(34-24(2,3)22(28)23(35)25-30)16-21(29)27-13-11-26(4)12-14-27/h7-10,19,22,30H,11-17H2,1-4H3,(H,25,35)/t19-,22+/m0/s1. The van der Waals surface area contributed by atoms with Gasteiger partial charge in [0.25, 0.3) is 0 Å². The molecule has 198 valence electrons. The molecule has 2 aliphatic rings. The smallest absolute Gasteiger partial charge is 0.243 e. The van der Waals surface area contributed by atoms with Gasteiger partial charge >= 0.3 is 0 Å². The quantitative estimate of drug-likeness (QED) is 0.299. The lowest BCUT2D eigenvalue weighted by Crippen LogP contribution is -2.66. The van der Waals surface area contributed by atoms with Gasteiger partial charge in [-0.3, -0.25) is 15.5 Å². The van der Waals surface area contributed by atoms with Gasteiger partial charge in [-0.25, -0.2) is 8.42 Å². The van der Waals surface area contributed by atoms with E-state index < -0.39 is 27.8 Å². The number of carbonyl (C=O) groups is 1. The first kappa shape index (κ1) is 28.3. The van der Waals surface area contributed by atoms with E-state index >= 15 is 0 Å². The maximum atomic E-state index is 13.8. The number of nitrogens with zero attached hydrogens (tertiary/aromatic N) is 3. The first-order valence-corrected chi connectivity index (χ1v) is 13.6. The number of piperazine rings is 1. The number of thiocarbonyl (C=S) groups is 1. The Balaban J connectivity index is 1.85. The van der Waals surface area contributed by atoms with Gasteiger partial charge in [-0.2, -0.15) is 4.31 Å². The number of ether oxygens (including phenoxy) is 2. The first-order valence-electron chi connectivity index (χ1n) is 11.7. The van der Waals surface area contributed by atoms with Crippen molar-refractivity contribution in [1.29, 1.82) is 0 Å². The van der Waals surface area contributed by atoms with Gasteiger partial charge in [-0.15, -0.1) is 5.92 Å². The van der Waals surface area contributed by atoms with E-state index in [4.69, 9.17) is 21.7 Å². The Bertz CT molecular complexity index is 1110. The summed E-state index contributed by atoms with van der Waals surface area (Å²) >= 11 is 5.28. The van der Waals surface area contributed by atoms with Gasteiger partial charge in [0.15, 0.2) is 0 Å². The van der Waals surface area contributed by atoms with E-state index in [1.54, 1.807) is 37.8 Å². The Morgan fingerprint density at radius 1 is 1.25 bits per heavy atom. The minimum Gasteiger partial charge on any atom is -0.481 e. The summed E-state index contributed by atoms with van der Waals surface area (Å²) in [4.78, 5) is 16.9. The highest BCUT2D eigenvalue weighted by atomic mass is 32.2. The molecule has 1 amide bonds. The van der Waals surface area contributed by atoms with E-state index in [2.05, 4.69) is 16.7 Å². The van der Waals surface area contributed by atoms with Crippen molar-refractivity contribution >= 4 is 33.1 Å². The fourth-order valence-corrected chi connectivity index (χ4v) is 6.68. The van der Waals surface area contributed by atoms with Crippen molar-refractivity contribution in [3.05, 3.63) is 24.3 Å². The van der Waals surface area contributed by atoms with Crippen LogP contribution in [0.4, 0.5) is 0 Å². The Kier molecular flexibility index (Phi) is 9.32. The average Bonchev–Trinajstić information content (AvgIpc) is 2.83. The molecule has 2 heterocycles. The number of hydroxylamine groups is 1. The van der Waals surface area contributed by atoms with Gasteiger partial charge in [0, 0.05) is 32.7 Å². The summed E-state index contributed by atoms with van der Waals surface area (Å²) in [5.41, 5.74) is 0.808. The zero-order valence-corrected chi connectivity index (χ0v) is 22.7. The fraction of sp³-hybridized carbons (Fsp3) is 0.583. The van der Waals surface area contributed by atoms with Crippen LogP contribution in [0.2, 0.25) is 0 Å². The normalized spacial score (nSPS) is 22.9. The lowest BCUT2D eigenvalue weighted by Gasteiger charge is -2.48. The zero-order chi connectivity index (χ0) is 26.5. The van der Waals surface area contributed by atoms with Crippen LogP contribution >= 0.6 is 12.2 Å². The molecule has 2 fully saturated rings. The van der Waals surface area contributed by atoms with Gasteiger partial charge in [-0.05, 0) is 52.1 Å². The van der Waals surface area contributed by atoms with Crippen molar-refractivity contribution in [2.75, 3.05) is 46.4 Å². The van der Waals surface area contributed by atoms with E-state index in [1.807, 2.05) is 12.5 Å². The van der Waals surface area contributed by atoms with Crippen molar-refractivity contribution in [2.24, 2.45) is 0 Å². The summed E-state index contributed by atoms with van der Waals surface area (Å²) in [5.74, 6) is 5.91. The molecule has 2 saturated heterocycles. The molecule has 0 spiro atoms. The van der Waals surface area contributed by atoms with Gasteiger partial charge in [-0.1, -0.05) is 18.1 Å². The summed E-state index contributed by atoms with van der Waals surface area (Å²) in [5, 5.41) is 9.55. The molecule has 0 bridgehead atoms. The molecule has 0 unspecified atom stereocenters. The Morgan fingerprint density at radius 3 is 2.47 bits per heavy atom. The number of nitrogens with one attached hydrogen (secondary N) is 1. The van der Waals surface area contributed by atoms with Crippen LogP contribution in [0.25, 0.3) is 0 Å². The van der Waals surface area contributed by atoms with Gasteiger partial charge in [0.1, 0.15) is 23.4 Å². The molecule has 0 saturated carbocycles. The largest absolute Gasteiger partial charge is 0.481 e. The molecule has 36 heavy (non-hydrogen) atoms. The van der Waals surface area contributed by atoms with Crippen molar-refractivity contribution in [3.63, 3.8) is 0 Å². The van der Waals surface area contributed by atoms with Crippen LogP contribution in [0.15, 0.2) is 29.2 Å². The summed E-state index contributed by atoms with van der Waals surface area (Å²) in [7, 11) is -2.07. The number of sulfonamides is 1. The maximum Gasteiger partial charge on any atom is 0.243 e. The molecule has 1 aromatic rings. The van der Waals surface area contributed by atoms with E-state index in [0.29, 0.717) is 18.8 Å². The van der Waals surface area contributed by atoms with E-state index in [9.17, 15) is 18.4 Å². The maximum absolute atomic E-state index is 13.8. The number of benzene rings is 1. The minimum absolute atomic E-state index is 0.0315. The van der Waals surface area contributed by atoms with E-state index in [0.717, 1.165) is 13.1 Å². The molecular weight excluding hydrogens is 504 g/mol. The average molecular weight is 539 g/mol. The number of amides is 1. The molecule has 2 N–H and O–H groups in total. The van der Waals surface area contributed by atoms with Crippen LogP contribution in [0.3, 0.4) is 0 Å². The molecule has 0 aliphatic carbocycles. The van der Waals surface area contributed by atoms with Gasteiger partial charge in [0.05, 0.1) is 23.0 Å². The predicted octanol–water partition coefficient (Wildman–Crippen LogP) is 1.10. The van der Waals surface area contributed by atoms with Crippen molar-refractivity contribution in [2.45, 2.75) is 49.8 Å². The van der Waals surface area contributed by atoms with Crippen molar-refractivity contribution in [3.8, 4) is 17.6 Å². The third-order valence-electron chi connectivity index (χ3n) is 6.34. The number of hydrogen-bond acceptors (Lipinski definition) is 8. The lowest BCUT2D eigenvalue weighted by atomic mass is 9.94. The van der Waals surface area contributed by atoms with Crippen LogP contribution in [0.5, 0.6) is 5.75 Å². The van der Waals surface area contributed by atoms with Crippen LogP contribution in [0.1, 0.15) is 27.2 Å². The van der Waals surface area contributed by atoms with E-state index in [1.165, 1.54) is 16.4 Å². The molecular formula is C24H34N4O6S2. The molecule has 3 rings (SSSR count).